The third-order valence-corrected chi connectivity index (χ3v) is 6.35. The lowest BCUT2D eigenvalue weighted by atomic mass is 10.2. The van der Waals surface area contributed by atoms with Crippen molar-refractivity contribution in [3.05, 3.63) is 77.1 Å². The summed E-state index contributed by atoms with van der Waals surface area (Å²) in [4.78, 5) is 21.9. The van der Waals surface area contributed by atoms with Crippen molar-refractivity contribution in [2.45, 2.75) is 20.9 Å². The van der Waals surface area contributed by atoms with E-state index in [-0.39, 0.29) is 10.6 Å². The third-order valence-electron chi connectivity index (χ3n) is 3.92. The number of hydrogen-bond acceptors (Lipinski definition) is 6. The van der Waals surface area contributed by atoms with Gasteiger partial charge in [0.15, 0.2) is 4.90 Å². The predicted molar refractivity (Wildman–Crippen MR) is 116 cm³/mol. The number of nitrogens with zero attached hydrogens (tertiary/aromatic N) is 1. The number of hydroxylamine groups is 1. The highest BCUT2D eigenvalue weighted by Crippen LogP contribution is 2.36. The Kier molecular flexibility index (Phi) is 7.91. The highest BCUT2D eigenvalue weighted by atomic mass is 35.5. The maximum Gasteiger partial charge on any atom is 0.418 e. The number of hydrogen-bond donors (Lipinski definition) is 2. The molecule has 0 bridgehead atoms. The van der Waals surface area contributed by atoms with Gasteiger partial charge < -0.3 is 4.55 Å². The van der Waals surface area contributed by atoms with Crippen LogP contribution in [0.3, 0.4) is 0 Å². The zero-order valence-electron chi connectivity index (χ0n) is 16.3. The van der Waals surface area contributed by atoms with Gasteiger partial charge in [0.1, 0.15) is 17.1 Å². The Morgan fingerprint density at radius 2 is 1.84 bits per heavy atom. The van der Waals surface area contributed by atoms with E-state index in [1.807, 2.05) is 0 Å². The fourth-order valence-corrected chi connectivity index (χ4v) is 4.43. The van der Waals surface area contributed by atoms with Crippen molar-refractivity contribution in [3.63, 3.8) is 0 Å². The summed E-state index contributed by atoms with van der Waals surface area (Å²) in [6, 6.07) is 13.2. The van der Waals surface area contributed by atoms with Crippen LogP contribution in [0.25, 0.3) is 0 Å². The number of anilines is 1. The SMILES string of the molecule is CONC(=O)c1cc(Sc2ccc(N[S+]([O-])c3ccc(Cl)c(C(F)(F)F)c3)cc2)ccn1. The quantitative estimate of drug-likeness (QED) is 0.336. The average Bonchev–Trinajstić information content (AvgIpc) is 2.75. The number of nitrogens with one attached hydrogen (secondary N) is 2. The van der Waals surface area contributed by atoms with Crippen LogP contribution in [-0.2, 0) is 22.4 Å². The van der Waals surface area contributed by atoms with Gasteiger partial charge in [-0.05, 0) is 48.5 Å². The zero-order valence-corrected chi connectivity index (χ0v) is 18.7. The number of alkyl halides is 3. The first-order valence-corrected chi connectivity index (χ1v) is 11.1. The van der Waals surface area contributed by atoms with E-state index < -0.39 is 34.0 Å². The summed E-state index contributed by atoms with van der Waals surface area (Å²) in [6.45, 7) is 0. The summed E-state index contributed by atoms with van der Waals surface area (Å²) in [5.74, 6) is -0.479. The minimum Gasteiger partial charge on any atom is -0.588 e. The summed E-state index contributed by atoms with van der Waals surface area (Å²) in [7, 11) is 1.32. The molecular formula is C20H15ClF3N3O3S2. The van der Waals surface area contributed by atoms with Crippen molar-refractivity contribution >= 4 is 46.3 Å². The average molecular weight is 502 g/mol. The van der Waals surface area contributed by atoms with Gasteiger partial charge in [0.05, 0.1) is 23.4 Å². The Balaban J connectivity index is 1.68. The van der Waals surface area contributed by atoms with Crippen molar-refractivity contribution in [3.8, 4) is 0 Å². The van der Waals surface area contributed by atoms with Gasteiger partial charge in [-0.2, -0.15) is 13.2 Å². The van der Waals surface area contributed by atoms with Gasteiger partial charge in [0.25, 0.3) is 5.91 Å². The fourth-order valence-electron chi connectivity index (χ4n) is 2.47. The standard InChI is InChI=1S/C20H15ClF3N3O3S2/c1-30-26-19(28)18-10-14(8-9-25-18)31-13-4-2-12(3-5-13)27-32(29)15-6-7-17(21)16(11-15)20(22,23)24/h2-11,27H,1H3,(H,26,28). The molecule has 1 amide bonds. The smallest absolute Gasteiger partial charge is 0.418 e. The largest absolute Gasteiger partial charge is 0.588 e. The number of benzene rings is 2. The lowest BCUT2D eigenvalue weighted by Crippen LogP contribution is -2.22. The van der Waals surface area contributed by atoms with Crippen LogP contribution in [0.5, 0.6) is 0 Å². The van der Waals surface area contributed by atoms with Gasteiger partial charge in [-0.3, -0.25) is 14.6 Å². The van der Waals surface area contributed by atoms with E-state index in [4.69, 9.17) is 11.6 Å². The Hall–Kier alpha value is -2.44. The second-order valence-electron chi connectivity index (χ2n) is 6.15. The van der Waals surface area contributed by atoms with Crippen LogP contribution < -0.4 is 10.2 Å². The first-order chi connectivity index (χ1) is 15.2. The number of rotatable bonds is 7. The normalized spacial score (nSPS) is 12.3. The van der Waals surface area contributed by atoms with E-state index in [0.29, 0.717) is 5.69 Å². The molecule has 6 nitrogen and oxygen atoms in total. The van der Waals surface area contributed by atoms with Gasteiger partial charge in [0.2, 0.25) is 0 Å². The molecule has 3 rings (SSSR count). The van der Waals surface area contributed by atoms with Crippen molar-refractivity contribution in [1.82, 2.24) is 10.5 Å². The Labute approximate surface area is 193 Å². The molecule has 168 valence electrons. The molecule has 1 heterocycles. The number of carbonyl (C=O) groups is 1. The molecule has 0 radical (unpaired) electrons. The topological polar surface area (TPSA) is 86.3 Å². The Morgan fingerprint density at radius 3 is 2.50 bits per heavy atom. The molecule has 0 aliphatic rings. The summed E-state index contributed by atoms with van der Waals surface area (Å²) < 4.78 is 54.2. The van der Waals surface area contributed by atoms with Crippen LogP contribution in [0.1, 0.15) is 16.1 Å². The van der Waals surface area contributed by atoms with Crippen LogP contribution in [-0.4, -0.2) is 22.6 Å². The van der Waals surface area contributed by atoms with Gasteiger partial charge in [0, 0.05) is 22.1 Å². The molecule has 2 aromatic carbocycles. The van der Waals surface area contributed by atoms with Gasteiger partial charge in [-0.25, -0.2) is 10.2 Å². The van der Waals surface area contributed by atoms with Gasteiger partial charge >= 0.3 is 6.18 Å². The lowest BCUT2D eigenvalue weighted by Gasteiger charge is -2.14. The highest BCUT2D eigenvalue weighted by Gasteiger charge is 2.34. The summed E-state index contributed by atoms with van der Waals surface area (Å²) in [5, 5.41) is -0.460. The lowest BCUT2D eigenvalue weighted by molar-refractivity contribution is -0.137. The summed E-state index contributed by atoms with van der Waals surface area (Å²) in [6.07, 6.45) is -3.15. The second kappa shape index (κ2) is 10.5. The molecule has 32 heavy (non-hydrogen) atoms. The molecule has 0 fully saturated rings. The molecule has 12 heteroatoms. The van der Waals surface area contributed by atoms with Crippen LogP contribution in [0.15, 0.2) is 75.5 Å². The molecule has 0 saturated heterocycles. The molecule has 1 unspecified atom stereocenters. The minimum absolute atomic E-state index is 0.0566. The van der Waals surface area contributed by atoms with Crippen LogP contribution in [0.2, 0.25) is 5.02 Å². The number of carbonyl (C=O) groups excluding carboxylic acids is 1. The number of pyridine rings is 1. The van der Waals surface area contributed by atoms with Crippen molar-refractivity contribution in [2.75, 3.05) is 11.8 Å². The van der Waals surface area contributed by atoms with Crippen molar-refractivity contribution in [2.24, 2.45) is 0 Å². The maximum atomic E-state index is 13.0. The van der Waals surface area contributed by atoms with Crippen LogP contribution >= 0.6 is 23.4 Å². The first-order valence-electron chi connectivity index (χ1n) is 8.80. The van der Waals surface area contributed by atoms with E-state index in [0.717, 1.165) is 21.9 Å². The monoisotopic (exact) mass is 501 g/mol. The van der Waals surface area contributed by atoms with Crippen LogP contribution in [0.4, 0.5) is 18.9 Å². The van der Waals surface area contributed by atoms with E-state index in [9.17, 15) is 22.5 Å². The maximum absolute atomic E-state index is 13.0. The summed E-state index contributed by atoms with van der Waals surface area (Å²) >= 11 is 5.04. The summed E-state index contributed by atoms with van der Waals surface area (Å²) in [5.41, 5.74) is 1.78. The third kappa shape index (κ3) is 6.30. The molecule has 0 aliphatic carbocycles. The predicted octanol–water partition coefficient (Wildman–Crippen LogP) is 5.33. The molecule has 0 aliphatic heterocycles. The molecule has 2 N–H and O–H groups in total. The zero-order chi connectivity index (χ0) is 23.3. The van der Waals surface area contributed by atoms with Crippen molar-refractivity contribution < 1.29 is 27.4 Å². The molecule has 0 saturated carbocycles. The van der Waals surface area contributed by atoms with E-state index in [1.54, 1.807) is 36.4 Å². The van der Waals surface area contributed by atoms with Crippen molar-refractivity contribution in [1.29, 1.82) is 0 Å². The van der Waals surface area contributed by atoms with E-state index in [2.05, 4.69) is 20.0 Å². The number of aromatic nitrogens is 1. The Morgan fingerprint density at radius 1 is 1.12 bits per heavy atom. The second-order valence-corrected chi connectivity index (χ2v) is 8.92. The fraction of sp³-hybridized carbons (Fsp3) is 0.100. The van der Waals surface area contributed by atoms with Gasteiger partial charge in [-0.1, -0.05) is 23.4 Å². The minimum atomic E-state index is -4.65. The Bertz CT molecular complexity index is 1100. The molecular weight excluding hydrogens is 487 g/mol. The highest BCUT2D eigenvalue weighted by molar-refractivity contribution is 7.99. The number of halogens is 4. The first kappa shape index (κ1) is 24.2. The molecule has 1 atom stereocenters. The van der Waals surface area contributed by atoms with Gasteiger partial charge in [-0.15, -0.1) is 0 Å². The number of amides is 1. The van der Waals surface area contributed by atoms with E-state index in [1.165, 1.54) is 31.1 Å². The molecule has 0 spiro atoms. The van der Waals surface area contributed by atoms with E-state index >= 15 is 0 Å². The molecule has 1 aromatic heterocycles. The molecule has 3 aromatic rings. The van der Waals surface area contributed by atoms with Crippen LogP contribution in [0, 0.1) is 0 Å².